The van der Waals surface area contributed by atoms with Gasteiger partial charge >= 0.3 is 11.8 Å². The third-order valence-corrected chi connectivity index (χ3v) is 3.26. The first kappa shape index (κ1) is 16.5. The van der Waals surface area contributed by atoms with Gasteiger partial charge in [-0.25, -0.2) is 0 Å². The lowest BCUT2D eigenvalue weighted by molar-refractivity contribution is -0.133. The maximum Gasteiger partial charge on any atom is 0.314 e. The minimum Gasteiger partial charge on any atom is -0.494 e. The Hall–Kier alpha value is -2.82. The average Bonchev–Trinajstić information content (AvgIpc) is 2.52. The van der Waals surface area contributed by atoms with Crippen molar-refractivity contribution in [3.8, 4) is 5.75 Å². The second kappa shape index (κ2) is 7.45. The zero-order chi connectivity index (χ0) is 16.8. The minimum atomic E-state index is -0.714. The number of nitrogens with one attached hydrogen (secondary N) is 2. The van der Waals surface area contributed by atoms with Gasteiger partial charge in [0, 0.05) is 11.4 Å². The van der Waals surface area contributed by atoms with Crippen LogP contribution in [0.2, 0.25) is 0 Å². The molecule has 0 fully saturated rings. The summed E-state index contributed by atoms with van der Waals surface area (Å²) in [7, 11) is 0. The maximum atomic E-state index is 12.0. The van der Waals surface area contributed by atoms with E-state index in [1.807, 2.05) is 32.9 Å². The van der Waals surface area contributed by atoms with Gasteiger partial charge < -0.3 is 15.4 Å². The van der Waals surface area contributed by atoms with Crippen molar-refractivity contribution in [1.29, 1.82) is 0 Å². The Morgan fingerprint density at radius 3 is 2.22 bits per heavy atom. The lowest BCUT2D eigenvalue weighted by atomic mass is 10.1. The molecule has 0 aromatic heterocycles. The van der Waals surface area contributed by atoms with Crippen LogP contribution in [0.25, 0.3) is 0 Å². The Morgan fingerprint density at radius 1 is 0.957 bits per heavy atom. The average molecular weight is 312 g/mol. The zero-order valence-corrected chi connectivity index (χ0v) is 13.5. The summed E-state index contributed by atoms with van der Waals surface area (Å²) in [6, 6.07) is 12.5. The van der Waals surface area contributed by atoms with Crippen LogP contribution in [0.4, 0.5) is 11.4 Å². The van der Waals surface area contributed by atoms with Crippen LogP contribution in [-0.4, -0.2) is 18.4 Å². The molecule has 0 unspecified atom stereocenters. The lowest BCUT2D eigenvalue weighted by Gasteiger charge is -2.10. The highest BCUT2D eigenvalue weighted by Gasteiger charge is 2.15. The number of hydrogen-bond donors (Lipinski definition) is 2. The van der Waals surface area contributed by atoms with E-state index in [-0.39, 0.29) is 0 Å². The summed E-state index contributed by atoms with van der Waals surface area (Å²) in [6.45, 7) is 6.32. The molecule has 5 heteroatoms. The number of carbonyl (C=O) groups is 2. The van der Waals surface area contributed by atoms with E-state index >= 15 is 0 Å². The molecule has 23 heavy (non-hydrogen) atoms. The van der Waals surface area contributed by atoms with Crippen LogP contribution in [-0.2, 0) is 9.59 Å². The molecule has 0 heterocycles. The van der Waals surface area contributed by atoms with Crippen LogP contribution < -0.4 is 15.4 Å². The van der Waals surface area contributed by atoms with Gasteiger partial charge in [0.1, 0.15) is 5.75 Å². The fourth-order valence-electron chi connectivity index (χ4n) is 2.12. The lowest BCUT2D eigenvalue weighted by Crippen LogP contribution is -2.29. The fraction of sp³-hybridized carbons (Fsp3) is 0.222. The summed E-state index contributed by atoms with van der Waals surface area (Å²) in [6.07, 6.45) is 0. The van der Waals surface area contributed by atoms with Crippen LogP contribution in [0.1, 0.15) is 18.1 Å². The minimum absolute atomic E-state index is 0.536. The number of amides is 2. The number of hydrogen-bond acceptors (Lipinski definition) is 3. The maximum absolute atomic E-state index is 12.0. The van der Waals surface area contributed by atoms with Crippen molar-refractivity contribution in [2.45, 2.75) is 20.8 Å². The molecular weight excluding hydrogens is 292 g/mol. The highest BCUT2D eigenvalue weighted by Crippen LogP contribution is 2.17. The van der Waals surface area contributed by atoms with Crippen molar-refractivity contribution in [1.82, 2.24) is 0 Å². The Labute approximate surface area is 135 Å². The second-order valence-electron chi connectivity index (χ2n) is 5.18. The smallest absolute Gasteiger partial charge is 0.314 e. The van der Waals surface area contributed by atoms with Crippen molar-refractivity contribution in [3.05, 3.63) is 53.6 Å². The molecule has 0 spiro atoms. The SMILES string of the molecule is CCOc1ccc(NC(=O)C(=O)Nc2ccc(C)cc2C)cc1. The molecule has 2 amide bonds. The van der Waals surface area contributed by atoms with Gasteiger partial charge in [-0.2, -0.15) is 0 Å². The van der Waals surface area contributed by atoms with E-state index in [1.54, 1.807) is 30.3 Å². The van der Waals surface area contributed by atoms with E-state index in [1.165, 1.54) is 0 Å². The Bertz CT molecular complexity index is 709. The summed E-state index contributed by atoms with van der Waals surface area (Å²) in [5, 5.41) is 5.17. The molecule has 0 saturated heterocycles. The summed E-state index contributed by atoms with van der Waals surface area (Å²) in [4.78, 5) is 23.9. The van der Waals surface area contributed by atoms with Gasteiger partial charge in [0.25, 0.3) is 0 Å². The molecule has 120 valence electrons. The van der Waals surface area contributed by atoms with Gasteiger partial charge in [-0.15, -0.1) is 0 Å². The van der Waals surface area contributed by atoms with E-state index in [9.17, 15) is 9.59 Å². The van der Waals surface area contributed by atoms with Gasteiger partial charge in [-0.3, -0.25) is 9.59 Å². The summed E-state index contributed by atoms with van der Waals surface area (Å²) in [5.41, 5.74) is 3.17. The summed E-state index contributed by atoms with van der Waals surface area (Å²) in [5.74, 6) is -0.704. The fourth-order valence-corrected chi connectivity index (χ4v) is 2.12. The first-order valence-corrected chi connectivity index (χ1v) is 7.42. The largest absolute Gasteiger partial charge is 0.494 e. The number of ether oxygens (including phenoxy) is 1. The highest BCUT2D eigenvalue weighted by molar-refractivity contribution is 6.43. The van der Waals surface area contributed by atoms with Crippen molar-refractivity contribution in [2.24, 2.45) is 0 Å². The molecule has 0 saturated carbocycles. The van der Waals surface area contributed by atoms with E-state index in [2.05, 4.69) is 10.6 Å². The van der Waals surface area contributed by atoms with E-state index < -0.39 is 11.8 Å². The molecule has 0 aliphatic rings. The van der Waals surface area contributed by atoms with Crippen LogP contribution >= 0.6 is 0 Å². The third-order valence-electron chi connectivity index (χ3n) is 3.26. The van der Waals surface area contributed by atoms with Crippen LogP contribution in [0.5, 0.6) is 5.75 Å². The first-order chi connectivity index (χ1) is 11.0. The molecule has 0 atom stereocenters. The molecule has 0 bridgehead atoms. The van der Waals surface area contributed by atoms with E-state index in [4.69, 9.17) is 4.74 Å². The number of aryl methyl sites for hydroxylation is 2. The van der Waals surface area contributed by atoms with E-state index in [0.717, 1.165) is 11.1 Å². The molecule has 2 aromatic carbocycles. The van der Waals surface area contributed by atoms with Gasteiger partial charge in [-0.05, 0) is 56.7 Å². The van der Waals surface area contributed by atoms with Crippen LogP contribution in [0.3, 0.4) is 0 Å². The normalized spacial score (nSPS) is 10.0. The quantitative estimate of drug-likeness (QED) is 0.851. The Balaban J connectivity index is 1.98. The van der Waals surface area contributed by atoms with Crippen LogP contribution in [0.15, 0.2) is 42.5 Å². The van der Waals surface area contributed by atoms with Crippen molar-refractivity contribution in [2.75, 3.05) is 17.2 Å². The number of rotatable bonds is 4. The topological polar surface area (TPSA) is 67.4 Å². The van der Waals surface area contributed by atoms with Crippen molar-refractivity contribution < 1.29 is 14.3 Å². The third kappa shape index (κ3) is 4.57. The molecule has 2 aromatic rings. The van der Waals surface area contributed by atoms with Crippen molar-refractivity contribution in [3.63, 3.8) is 0 Å². The molecule has 0 aliphatic heterocycles. The molecule has 0 aliphatic carbocycles. The molecule has 5 nitrogen and oxygen atoms in total. The predicted octanol–water partition coefficient (Wildman–Crippen LogP) is 3.28. The summed E-state index contributed by atoms with van der Waals surface area (Å²) >= 11 is 0. The Kier molecular flexibility index (Phi) is 5.36. The van der Waals surface area contributed by atoms with Gasteiger partial charge in [0.05, 0.1) is 6.61 Å². The highest BCUT2D eigenvalue weighted by atomic mass is 16.5. The second-order valence-corrected chi connectivity index (χ2v) is 5.18. The van der Waals surface area contributed by atoms with Crippen molar-refractivity contribution >= 4 is 23.2 Å². The van der Waals surface area contributed by atoms with Crippen LogP contribution in [0, 0.1) is 13.8 Å². The van der Waals surface area contributed by atoms with Gasteiger partial charge in [-0.1, -0.05) is 17.7 Å². The standard InChI is InChI=1S/C18H20N2O3/c1-4-23-15-8-6-14(7-9-15)19-17(21)18(22)20-16-10-5-12(2)11-13(16)3/h5-11H,4H2,1-3H3,(H,19,21)(H,20,22). The molecule has 2 rings (SSSR count). The number of anilines is 2. The number of carbonyl (C=O) groups excluding carboxylic acids is 2. The van der Waals surface area contributed by atoms with Gasteiger partial charge in [0.15, 0.2) is 0 Å². The molecular formula is C18H20N2O3. The van der Waals surface area contributed by atoms with E-state index in [0.29, 0.717) is 23.7 Å². The first-order valence-electron chi connectivity index (χ1n) is 7.42. The number of benzene rings is 2. The Morgan fingerprint density at radius 2 is 1.61 bits per heavy atom. The monoisotopic (exact) mass is 312 g/mol. The van der Waals surface area contributed by atoms with Gasteiger partial charge in [0.2, 0.25) is 0 Å². The molecule has 2 N–H and O–H groups in total. The zero-order valence-electron chi connectivity index (χ0n) is 13.5. The molecule has 0 radical (unpaired) electrons. The summed E-state index contributed by atoms with van der Waals surface area (Å²) < 4.78 is 5.32. The predicted molar refractivity (Wildman–Crippen MR) is 90.8 cm³/mol.